The Balaban J connectivity index is 1.43. The van der Waals surface area contributed by atoms with Crippen LogP contribution in [0.25, 0.3) is 22.4 Å². The Hall–Kier alpha value is -3.98. The van der Waals surface area contributed by atoms with Gasteiger partial charge in [0.2, 0.25) is 0 Å². The normalized spacial score (nSPS) is 11.1. The lowest BCUT2D eigenvalue weighted by Crippen LogP contribution is -2.13. The van der Waals surface area contributed by atoms with Gasteiger partial charge in [-0.3, -0.25) is 4.79 Å². The Bertz CT molecular complexity index is 1460. The Morgan fingerprint density at radius 2 is 1.82 bits per heavy atom. The standard InChI is InChI=1S/C24H20N6O2S/c1-14-4-6-16(7-5-14)20-12-19(21-15(2)29-32-23(21)27-20)22(31)26-17-8-10-18(11-9-17)33-24-28-25-13-30(24)3/h4-13H,1-3H3,(H,26,31). The molecule has 164 valence electrons. The third-order valence-corrected chi connectivity index (χ3v) is 6.26. The summed E-state index contributed by atoms with van der Waals surface area (Å²) in [6, 6.07) is 17.3. The van der Waals surface area contributed by atoms with Crippen LogP contribution in [-0.2, 0) is 7.05 Å². The number of anilines is 1. The number of fused-ring (bicyclic) bond motifs is 1. The van der Waals surface area contributed by atoms with Gasteiger partial charge in [0.15, 0.2) is 5.16 Å². The highest BCUT2D eigenvalue weighted by molar-refractivity contribution is 7.99. The van der Waals surface area contributed by atoms with Gasteiger partial charge in [-0.1, -0.05) is 35.0 Å². The maximum Gasteiger partial charge on any atom is 0.259 e. The highest BCUT2D eigenvalue weighted by Gasteiger charge is 2.19. The van der Waals surface area contributed by atoms with Gasteiger partial charge in [0.05, 0.1) is 22.3 Å². The number of hydrogen-bond acceptors (Lipinski definition) is 7. The van der Waals surface area contributed by atoms with E-state index in [0.29, 0.717) is 33.7 Å². The van der Waals surface area contributed by atoms with Crippen molar-refractivity contribution in [3.05, 3.63) is 77.7 Å². The maximum absolute atomic E-state index is 13.3. The Labute approximate surface area is 194 Å². The van der Waals surface area contributed by atoms with Crippen LogP contribution in [0.1, 0.15) is 21.6 Å². The topological polar surface area (TPSA) is 98.7 Å². The van der Waals surface area contributed by atoms with Gasteiger partial charge in [-0.15, -0.1) is 10.2 Å². The molecule has 1 N–H and O–H groups in total. The number of pyridine rings is 1. The molecule has 5 rings (SSSR count). The highest BCUT2D eigenvalue weighted by Crippen LogP contribution is 2.29. The van der Waals surface area contributed by atoms with Crippen molar-refractivity contribution in [1.82, 2.24) is 24.9 Å². The van der Waals surface area contributed by atoms with Crippen LogP contribution in [0, 0.1) is 13.8 Å². The molecule has 0 spiro atoms. The third-order valence-electron chi connectivity index (χ3n) is 5.20. The molecule has 0 aliphatic rings. The lowest BCUT2D eigenvalue weighted by atomic mass is 10.0. The number of nitrogens with zero attached hydrogens (tertiary/aromatic N) is 5. The quantitative estimate of drug-likeness (QED) is 0.396. The second-order valence-corrected chi connectivity index (χ2v) is 8.71. The molecule has 0 saturated heterocycles. The van der Waals surface area contributed by atoms with Crippen LogP contribution in [0.3, 0.4) is 0 Å². The number of benzene rings is 2. The SMILES string of the molecule is Cc1ccc(-c2cc(C(=O)Nc3ccc(Sc4nncn4C)cc3)c3c(C)noc3n2)cc1. The molecule has 3 heterocycles. The third kappa shape index (κ3) is 4.22. The van der Waals surface area contributed by atoms with E-state index in [-0.39, 0.29) is 5.91 Å². The number of carbonyl (C=O) groups is 1. The molecule has 9 heteroatoms. The number of carbonyl (C=O) groups excluding carboxylic acids is 1. The van der Waals surface area contributed by atoms with E-state index in [2.05, 4.69) is 25.7 Å². The molecule has 8 nitrogen and oxygen atoms in total. The van der Waals surface area contributed by atoms with Crippen molar-refractivity contribution >= 4 is 34.5 Å². The van der Waals surface area contributed by atoms with Crippen LogP contribution in [0.4, 0.5) is 5.69 Å². The van der Waals surface area contributed by atoms with E-state index in [1.807, 2.05) is 67.1 Å². The first-order valence-electron chi connectivity index (χ1n) is 10.3. The van der Waals surface area contributed by atoms with E-state index in [1.165, 1.54) is 11.8 Å². The summed E-state index contributed by atoms with van der Waals surface area (Å²) in [7, 11) is 1.89. The molecule has 0 bridgehead atoms. The number of nitrogens with one attached hydrogen (secondary N) is 1. The molecule has 1 amide bonds. The van der Waals surface area contributed by atoms with E-state index >= 15 is 0 Å². The summed E-state index contributed by atoms with van der Waals surface area (Å²) in [5.74, 6) is -0.254. The number of aryl methyl sites for hydroxylation is 3. The lowest BCUT2D eigenvalue weighted by molar-refractivity contribution is 0.102. The summed E-state index contributed by atoms with van der Waals surface area (Å²) in [6.45, 7) is 3.82. The molecule has 0 aliphatic carbocycles. The minimum atomic E-state index is -0.254. The van der Waals surface area contributed by atoms with Crippen molar-refractivity contribution in [3.8, 4) is 11.3 Å². The van der Waals surface area contributed by atoms with Crippen LogP contribution in [0.15, 0.2) is 75.5 Å². The van der Waals surface area contributed by atoms with Crippen molar-refractivity contribution in [2.45, 2.75) is 23.9 Å². The summed E-state index contributed by atoms with van der Waals surface area (Å²) < 4.78 is 7.24. The van der Waals surface area contributed by atoms with Crippen LogP contribution >= 0.6 is 11.8 Å². The second-order valence-electron chi connectivity index (χ2n) is 7.67. The van der Waals surface area contributed by atoms with Crippen molar-refractivity contribution in [1.29, 1.82) is 0 Å². The fourth-order valence-corrected chi connectivity index (χ4v) is 4.18. The molecule has 0 fully saturated rings. The number of rotatable bonds is 5. The minimum Gasteiger partial charge on any atom is -0.335 e. The molecule has 0 atom stereocenters. The summed E-state index contributed by atoms with van der Waals surface area (Å²) in [6.07, 6.45) is 1.66. The number of aromatic nitrogens is 5. The van der Waals surface area contributed by atoms with Gasteiger partial charge in [0.1, 0.15) is 6.33 Å². The first-order valence-corrected chi connectivity index (χ1v) is 11.1. The average molecular weight is 457 g/mol. The first-order chi connectivity index (χ1) is 16.0. The zero-order valence-electron chi connectivity index (χ0n) is 18.2. The molecule has 0 saturated carbocycles. The smallest absolute Gasteiger partial charge is 0.259 e. The molecule has 3 aromatic heterocycles. The highest BCUT2D eigenvalue weighted by atomic mass is 32.2. The van der Waals surface area contributed by atoms with Crippen LogP contribution in [0.2, 0.25) is 0 Å². The van der Waals surface area contributed by atoms with Crippen LogP contribution in [0.5, 0.6) is 0 Å². The van der Waals surface area contributed by atoms with Crippen molar-refractivity contribution in [3.63, 3.8) is 0 Å². The van der Waals surface area contributed by atoms with E-state index in [4.69, 9.17) is 4.52 Å². The van der Waals surface area contributed by atoms with E-state index in [0.717, 1.165) is 21.2 Å². The van der Waals surface area contributed by atoms with Crippen molar-refractivity contribution in [2.75, 3.05) is 5.32 Å². The van der Waals surface area contributed by atoms with Crippen LogP contribution < -0.4 is 5.32 Å². The second kappa shape index (κ2) is 8.51. The van der Waals surface area contributed by atoms with Crippen molar-refractivity contribution < 1.29 is 9.32 Å². The Kier molecular flexibility index (Phi) is 5.39. The molecule has 2 aromatic carbocycles. The Morgan fingerprint density at radius 3 is 2.52 bits per heavy atom. The fourth-order valence-electron chi connectivity index (χ4n) is 3.42. The van der Waals surface area contributed by atoms with Gasteiger partial charge in [-0.05, 0) is 55.9 Å². The van der Waals surface area contributed by atoms with Gasteiger partial charge in [0, 0.05) is 23.2 Å². The summed E-state index contributed by atoms with van der Waals surface area (Å²) in [5.41, 5.74) is 4.80. The average Bonchev–Trinajstić information content (AvgIpc) is 3.40. The molecule has 0 unspecified atom stereocenters. The maximum atomic E-state index is 13.3. The summed E-state index contributed by atoms with van der Waals surface area (Å²) in [5, 5.41) is 16.4. The first kappa shape index (κ1) is 20.9. The summed E-state index contributed by atoms with van der Waals surface area (Å²) >= 11 is 1.50. The predicted octanol–water partition coefficient (Wildman–Crippen LogP) is 5.04. The van der Waals surface area contributed by atoms with Gasteiger partial charge in [-0.2, -0.15) is 0 Å². The summed E-state index contributed by atoms with van der Waals surface area (Å²) in [4.78, 5) is 18.8. The largest absolute Gasteiger partial charge is 0.335 e. The monoisotopic (exact) mass is 456 g/mol. The molecule has 33 heavy (non-hydrogen) atoms. The van der Waals surface area contributed by atoms with E-state index < -0.39 is 0 Å². The van der Waals surface area contributed by atoms with Crippen LogP contribution in [-0.4, -0.2) is 30.8 Å². The molecular weight excluding hydrogens is 436 g/mol. The zero-order chi connectivity index (χ0) is 22.9. The predicted molar refractivity (Wildman–Crippen MR) is 126 cm³/mol. The number of amides is 1. The molecule has 0 aliphatic heterocycles. The molecular formula is C24H20N6O2S. The fraction of sp³-hybridized carbons (Fsp3) is 0.125. The molecule has 5 aromatic rings. The van der Waals surface area contributed by atoms with Crippen molar-refractivity contribution in [2.24, 2.45) is 7.05 Å². The Morgan fingerprint density at radius 1 is 1.06 bits per heavy atom. The lowest BCUT2D eigenvalue weighted by Gasteiger charge is -2.09. The van der Waals surface area contributed by atoms with Gasteiger partial charge >= 0.3 is 0 Å². The molecule has 0 radical (unpaired) electrons. The van der Waals surface area contributed by atoms with E-state index in [9.17, 15) is 4.79 Å². The number of hydrogen-bond donors (Lipinski definition) is 1. The zero-order valence-corrected chi connectivity index (χ0v) is 19.1. The minimum absolute atomic E-state index is 0.254. The van der Waals surface area contributed by atoms with Gasteiger partial charge in [0.25, 0.3) is 11.6 Å². The van der Waals surface area contributed by atoms with Gasteiger partial charge < -0.3 is 14.4 Å². The van der Waals surface area contributed by atoms with E-state index in [1.54, 1.807) is 19.3 Å². The van der Waals surface area contributed by atoms with Gasteiger partial charge in [-0.25, -0.2) is 4.98 Å².